The zero-order valence-corrected chi connectivity index (χ0v) is 11.6. The Bertz CT molecular complexity index is 331. The summed E-state index contributed by atoms with van der Waals surface area (Å²) < 4.78 is 0. The Kier molecular flexibility index (Phi) is 5.24. The van der Waals surface area contributed by atoms with E-state index in [1.165, 1.54) is 42.7 Å². The first kappa shape index (κ1) is 12.8. The van der Waals surface area contributed by atoms with Crippen LogP contribution in [0.1, 0.15) is 39.0 Å². The van der Waals surface area contributed by atoms with Gasteiger partial charge in [-0.2, -0.15) is 0 Å². The van der Waals surface area contributed by atoms with Gasteiger partial charge in [-0.05, 0) is 36.6 Å². The van der Waals surface area contributed by atoms with Crippen LogP contribution in [0.4, 0.5) is 5.69 Å². The fraction of sp³-hybridized carbons (Fsp3) is 0.600. The molecule has 94 valence electrons. The maximum atomic E-state index is 3.65. The van der Waals surface area contributed by atoms with Crippen molar-refractivity contribution in [1.82, 2.24) is 0 Å². The van der Waals surface area contributed by atoms with Crippen molar-refractivity contribution in [2.75, 3.05) is 17.6 Å². The van der Waals surface area contributed by atoms with E-state index in [0.717, 1.165) is 18.2 Å². The van der Waals surface area contributed by atoms with Crippen molar-refractivity contribution in [3.05, 3.63) is 24.3 Å². The van der Waals surface area contributed by atoms with Crippen LogP contribution in [0.25, 0.3) is 0 Å². The van der Waals surface area contributed by atoms with Crippen molar-refractivity contribution < 1.29 is 0 Å². The van der Waals surface area contributed by atoms with Gasteiger partial charge in [0.05, 0.1) is 0 Å². The molecule has 1 aliphatic rings. The minimum Gasteiger partial charge on any atom is -0.384 e. The lowest BCUT2D eigenvalue weighted by Crippen LogP contribution is -2.17. The SMILES string of the molecule is CCSc1ccccc1NCC1CCCCC1. The van der Waals surface area contributed by atoms with Crippen LogP contribution in [-0.4, -0.2) is 12.3 Å². The molecule has 1 aromatic carbocycles. The molecule has 1 aromatic rings. The first-order valence-electron chi connectivity index (χ1n) is 6.86. The number of nitrogens with one attached hydrogen (secondary N) is 1. The van der Waals surface area contributed by atoms with Gasteiger partial charge in [-0.15, -0.1) is 11.8 Å². The molecule has 0 bridgehead atoms. The molecule has 2 heteroatoms. The van der Waals surface area contributed by atoms with Gasteiger partial charge in [0.2, 0.25) is 0 Å². The van der Waals surface area contributed by atoms with Gasteiger partial charge in [0, 0.05) is 17.1 Å². The molecule has 0 heterocycles. The summed E-state index contributed by atoms with van der Waals surface area (Å²) in [5.41, 5.74) is 1.32. The molecular formula is C15H23NS. The van der Waals surface area contributed by atoms with Crippen LogP contribution in [0.2, 0.25) is 0 Å². The Morgan fingerprint density at radius 2 is 1.94 bits per heavy atom. The number of thioether (sulfide) groups is 1. The summed E-state index contributed by atoms with van der Waals surface area (Å²) in [6, 6.07) is 8.69. The van der Waals surface area contributed by atoms with Crippen molar-refractivity contribution in [2.24, 2.45) is 5.92 Å². The zero-order chi connectivity index (χ0) is 11.9. The largest absolute Gasteiger partial charge is 0.384 e. The molecule has 1 fully saturated rings. The molecule has 1 aliphatic carbocycles. The highest BCUT2D eigenvalue weighted by molar-refractivity contribution is 7.99. The molecule has 0 unspecified atom stereocenters. The first-order valence-corrected chi connectivity index (χ1v) is 7.84. The van der Waals surface area contributed by atoms with E-state index in [-0.39, 0.29) is 0 Å². The maximum absolute atomic E-state index is 3.65. The molecule has 2 rings (SSSR count). The molecule has 0 radical (unpaired) electrons. The number of rotatable bonds is 5. The van der Waals surface area contributed by atoms with Crippen molar-refractivity contribution in [1.29, 1.82) is 0 Å². The number of para-hydroxylation sites is 1. The van der Waals surface area contributed by atoms with E-state index < -0.39 is 0 Å². The summed E-state index contributed by atoms with van der Waals surface area (Å²) in [6.07, 6.45) is 7.13. The minimum absolute atomic E-state index is 0.892. The van der Waals surface area contributed by atoms with Crippen molar-refractivity contribution >= 4 is 17.4 Å². The molecule has 0 saturated heterocycles. The van der Waals surface area contributed by atoms with E-state index in [2.05, 4.69) is 36.5 Å². The molecule has 0 aromatic heterocycles. The third-order valence-electron chi connectivity index (χ3n) is 3.49. The van der Waals surface area contributed by atoms with Crippen LogP contribution in [0, 0.1) is 5.92 Å². The van der Waals surface area contributed by atoms with Gasteiger partial charge < -0.3 is 5.32 Å². The molecule has 0 spiro atoms. The van der Waals surface area contributed by atoms with E-state index in [9.17, 15) is 0 Å². The Labute approximate surface area is 109 Å². The summed E-state index contributed by atoms with van der Waals surface area (Å²) in [5, 5.41) is 3.65. The molecule has 0 amide bonds. The monoisotopic (exact) mass is 249 g/mol. The normalized spacial score (nSPS) is 17.0. The Balaban J connectivity index is 1.88. The highest BCUT2D eigenvalue weighted by atomic mass is 32.2. The molecule has 1 nitrogen and oxygen atoms in total. The van der Waals surface area contributed by atoms with Crippen LogP contribution in [0.3, 0.4) is 0 Å². The van der Waals surface area contributed by atoms with Gasteiger partial charge in [-0.3, -0.25) is 0 Å². The van der Waals surface area contributed by atoms with E-state index in [1.54, 1.807) is 0 Å². The van der Waals surface area contributed by atoms with Crippen LogP contribution < -0.4 is 5.32 Å². The third-order valence-corrected chi connectivity index (χ3v) is 4.45. The lowest BCUT2D eigenvalue weighted by atomic mass is 9.89. The Hall–Kier alpha value is -0.630. The average Bonchev–Trinajstić information content (AvgIpc) is 2.39. The minimum atomic E-state index is 0.892. The molecule has 0 aliphatic heterocycles. The first-order chi connectivity index (χ1) is 8.40. The predicted octanol–water partition coefficient (Wildman–Crippen LogP) is 4.79. The number of benzene rings is 1. The molecule has 1 N–H and O–H groups in total. The van der Waals surface area contributed by atoms with Gasteiger partial charge in [-0.25, -0.2) is 0 Å². The summed E-state index contributed by atoms with van der Waals surface area (Å²) >= 11 is 1.93. The van der Waals surface area contributed by atoms with Crippen molar-refractivity contribution in [3.8, 4) is 0 Å². The van der Waals surface area contributed by atoms with Gasteiger partial charge >= 0.3 is 0 Å². The topological polar surface area (TPSA) is 12.0 Å². The Morgan fingerprint density at radius 1 is 1.18 bits per heavy atom. The van der Waals surface area contributed by atoms with Crippen molar-refractivity contribution in [2.45, 2.75) is 43.9 Å². The van der Waals surface area contributed by atoms with Gasteiger partial charge in [0.15, 0.2) is 0 Å². The van der Waals surface area contributed by atoms with Crippen LogP contribution in [-0.2, 0) is 0 Å². The lowest BCUT2D eigenvalue weighted by molar-refractivity contribution is 0.373. The van der Waals surface area contributed by atoms with Crippen molar-refractivity contribution in [3.63, 3.8) is 0 Å². The second-order valence-electron chi connectivity index (χ2n) is 4.81. The fourth-order valence-corrected chi connectivity index (χ4v) is 3.32. The summed E-state index contributed by atoms with van der Waals surface area (Å²) in [7, 11) is 0. The lowest BCUT2D eigenvalue weighted by Gasteiger charge is -2.23. The van der Waals surface area contributed by atoms with Gasteiger partial charge in [0.25, 0.3) is 0 Å². The van der Waals surface area contributed by atoms with Gasteiger partial charge in [0.1, 0.15) is 0 Å². The quantitative estimate of drug-likeness (QED) is 0.753. The predicted molar refractivity (Wildman–Crippen MR) is 77.9 cm³/mol. The summed E-state index contributed by atoms with van der Waals surface area (Å²) in [4.78, 5) is 1.39. The van der Waals surface area contributed by atoms with Crippen LogP contribution in [0.15, 0.2) is 29.2 Å². The highest BCUT2D eigenvalue weighted by Crippen LogP contribution is 2.28. The van der Waals surface area contributed by atoms with Crippen LogP contribution >= 0.6 is 11.8 Å². The number of hydrogen-bond acceptors (Lipinski definition) is 2. The zero-order valence-electron chi connectivity index (χ0n) is 10.7. The summed E-state index contributed by atoms with van der Waals surface area (Å²) in [6.45, 7) is 3.36. The molecule has 0 atom stereocenters. The highest BCUT2D eigenvalue weighted by Gasteiger charge is 2.13. The molecule has 17 heavy (non-hydrogen) atoms. The third kappa shape index (κ3) is 3.95. The summed E-state index contributed by atoms with van der Waals surface area (Å²) in [5.74, 6) is 2.03. The van der Waals surface area contributed by atoms with Crippen LogP contribution in [0.5, 0.6) is 0 Å². The van der Waals surface area contributed by atoms with Gasteiger partial charge in [-0.1, -0.05) is 38.3 Å². The fourth-order valence-electron chi connectivity index (χ4n) is 2.54. The van der Waals surface area contributed by atoms with E-state index >= 15 is 0 Å². The smallest absolute Gasteiger partial charge is 0.0478 e. The van der Waals surface area contributed by atoms with E-state index in [0.29, 0.717) is 0 Å². The van der Waals surface area contributed by atoms with E-state index in [4.69, 9.17) is 0 Å². The number of anilines is 1. The second kappa shape index (κ2) is 6.95. The standard InChI is InChI=1S/C15H23NS/c1-2-17-15-11-7-6-10-14(15)16-12-13-8-4-3-5-9-13/h6-7,10-11,13,16H,2-5,8-9,12H2,1H3. The molecular weight excluding hydrogens is 226 g/mol. The average molecular weight is 249 g/mol. The second-order valence-corrected chi connectivity index (χ2v) is 6.12. The number of hydrogen-bond donors (Lipinski definition) is 1. The maximum Gasteiger partial charge on any atom is 0.0478 e. The molecule has 1 saturated carbocycles. The Morgan fingerprint density at radius 3 is 2.71 bits per heavy atom. The van der Waals surface area contributed by atoms with E-state index in [1.807, 2.05) is 11.8 Å².